The van der Waals surface area contributed by atoms with Crippen molar-refractivity contribution in [3.05, 3.63) is 35.4 Å². The minimum atomic E-state index is -0.195. The minimum Gasteiger partial charge on any atom is -0.384 e. The van der Waals surface area contributed by atoms with Crippen LogP contribution in [0.3, 0.4) is 0 Å². The molecule has 0 radical (unpaired) electrons. The van der Waals surface area contributed by atoms with E-state index in [-0.39, 0.29) is 17.1 Å². The lowest BCUT2D eigenvalue weighted by Crippen LogP contribution is -2.47. The summed E-state index contributed by atoms with van der Waals surface area (Å²) in [6.07, 6.45) is 1.94. The maximum atomic E-state index is 12.4. The smallest absolute Gasteiger partial charge is 0.252 e. The van der Waals surface area contributed by atoms with Crippen LogP contribution in [-0.4, -0.2) is 45.0 Å². The van der Waals surface area contributed by atoms with E-state index in [1.165, 1.54) is 6.92 Å². The van der Waals surface area contributed by atoms with Crippen LogP contribution < -0.4 is 10.6 Å². The van der Waals surface area contributed by atoms with Crippen LogP contribution in [-0.2, 0) is 4.74 Å². The van der Waals surface area contributed by atoms with Gasteiger partial charge in [-0.05, 0) is 38.9 Å². The fourth-order valence-electron chi connectivity index (χ4n) is 2.99. The second kappa shape index (κ2) is 7.51. The number of piperidine rings is 1. The molecule has 0 atom stereocenters. The summed E-state index contributed by atoms with van der Waals surface area (Å²) in [5.41, 5.74) is 0.878. The van der Waals surface area contributed by atoms with E-state index in [1.807, 2.05) is 0 Å². The van der Waals surface area contributed by atoms with E-state index in [0.717, 1.165) is 25.9 Å². The number of benzene rings is 1. The second-order valence-electron chi connectivity index (χ2n) is 5.97. The molecule has 1 aromatic carbocycles. The van der Waals surface area contributed by atoms with Crippen LogP contribution in [0.5, 0.6) is 0 Å². The van der Waals surface area contributed by atoms with Gasteiger partial charge in [-0.15, -0.1) is 0 Å². The highest BCUT2D eigenvalue weighted by atomic mass is 16.5. The number of ether oxygens (including phenoxy) is 1. The average molecular weight is 304 g/mol. The van der Waals surface area contributed by atoms with Crippen molar-refractivity contribution in [1.29, 1.82) is 0 Å². The molecule has 22 heavy (non-hydrogen) atoms. The quantitative estimate of drug-likeness (QED) is 0.784. The summed E-state index contributed by atoms with van der Waals surface area (Å²) in [6, 6.07) is 6.92. The summed E-state index contributed by atoms with van der Waals surface area (Å²) in [5.74, 6) is -0.293. The van der Waals surface area contributed by atoms with E-state index in [4.69, 9.17) is 4.74 Å². The Bertz CT molecular complexity index is 531. The highest BCUT2D eigenvalue weighted by molar-refractivity contribution is 6.07. The van der Waals surface area contributed by atoms with Gasteiger partial charge in [0.1, 0.15) is 0 Å². The molecule has 1 saturated heterocycles. The Morgan fingerprint density at radius 1 is 1.23 bits per heavy atom. The monoisotopic (exact) mass is 304 g/mol. The lowest BCUT2D eigenvalue weighted by atomic mass is 9.79. The predicted molar refractivity (Wildman–Crippen MR) is 85.2 cm³/mol. The zero-order valence-electron chi connectivity index (χ0n) is 13.3. The van der Waals surface area contributed by atoms with E-state index in [0.29, 0.717) is 24.3 Å². The molecule has 1 aromatic rings. The van der Waals surface area contributed by atoms with Crippen molar-refractivity contribution in [2.45, 2.75) is 19.8 Å². The van der Waals surface area contributed by atoms with Gasteiger partial charge in [0.2, 0.25) is 0 Å². The van der Waals surface area contributed by atoms with E-state index < -0.39 is 0 Å². The van der Waals surface area contributed by atoms with Crippen LogP contribution in [0.25, 0.3) is 0 Å². The largest absolute Gasteiger partial charge is 0.384 e. The van der Waals surface area contributed by atoms with Crippen LogP contribution in [0.2, 0.25) is 0 Å². The molecular weight excluding hydrogens is 280 g/mol. The van der Waals surface area contributed by atoms with Gasteiger partial charge < -0.3 is 15.4 Å². The average Bonchev–Trinajstić information content (AvgIpc) is 2.54. The van der Waals surface area contributed by atoms with Crippen molar-refractivity contribution in [2.24, 2.45) is 5.41 Å². The van der Waals surface area contributed by atoms with E-state index in [9.17, 15) is 9.59 Å². The molecule has 1 aliphatic rings. The van der Waals surface area contributed by atoms with Crippen LogP contribution in [0.1, 0.15) is 40.5 Å². The molecular formula is C17H24N2O3. The summed E-state index contributed by atoms with van der Waals surface area (Å²) >= 11 is 0. The molecule has 0 saturated carbocycles. The molecule has 0 bridgehead atoms. The fraction of sp³-hybridized carbons (Fsp3) is 0.529. The Morgan fingerprint density at radius 3 is 2.45 bits per heavy atom. The topological polar surface area (TPSA) is 67.4 Å². The van der Waals surface area contributed by atoms with Gasteiger partial charge in [0.05, 0.1) is 12.2 Å². The second-order valence-corrected chi connectivity index (χ2v) is 5.97. The van der Waals surface area contributed by atoms with Crippen molar-refractivity contribution in [1.82, 2.24) is 10.6 Å². The van der Waals surface area contributed by atoms with Gasteiger partial charge in [0.25, 0.3) is 5.91 Å². The molecule has 0 aliphatic carbocycles. The summed E-state index contributed by atoms with van der Waals surface area (Å²) in [4.78, 5) is 24.1. The zero-order chi connectivity index (χ0) is 16.0. The summed E-state index contributed by atoms with van der Waals surface area (Å²) in [5, 5.41) is 6.32. The first-order valence-electron chi connectivity index (χ1n) is 7.66. The summed E-state index contributed by atoms with van der Waals surface area (Å²) in [7, 11) is 1.69. The Balaban J connectivity index is 2.07. The molecule has 5 heteroatoms. The highest BCUT2D eigenvalue weighted by Crippen LogP contribution is 2.28. The molecule has 120 valence electrons. The van der Waals surface area contributed by atoms with Crippen LogP contribution in [0.4, 0.5) is 0 Å². The Kier molecular flexibility index (Phi) is 5.69. The van der Waals surface area contributed by atoms with Gasteiger partial charge in [-0.25, -0.2) is 0 Å². The van der Waals surface area contributed by atoms with Crippen molar-refractivity contribution >= 4 is 11.7 Å². The third-order valence-electron chi connectivity index (χ3n) is 4.29. The number of carbonyl (C=O) groups is 2. The van der Waals surface area contributed by atoms with Gasteiger partial charge in [-0.3, -0.25) is 9.59 Å². The van der Waals surface area contributed by atoms with Crippen LogP contribution >= 0.6 is 0 Å². The molecule has 0 unspecified atom stereocenters. The number of amides is 1. The van der Waals surface area contributed by atoms with Gasteiger partial charge >= 0.3 is 0 Å². The number of rotatable bonds is 6. The molecule has 5 nitrogen and oxygen atoms in total. The van der Waals surface area contributed by atoms with Crippen LogP contribution in [0, 0.1) is 5.41 Å². The predicted octanol–water partition coefficient (Wildman–Crippen LogP) is 1.64. The number of Topliss-reactive ketones (excluding diaryl/α,β-unsaturated/α-hetero) is 1. The first-order valence-corrected chi connectivity index (χ1v) is 7.66. The molecule has 1 amide bonds. The van der Waals surface area contributed by atoms with Crippen molar-refractivity contribution in [2.75, 3.05) is 33.4 Å². The van der Waals surface area contributed by atoms with Gasteiger partial charge in [-0.2, -0.15) is 0 Å². The SMILES string of the molecule is COCC1(CNC(=O)c2ccccc2C(C)=O)CCNCC1. The van der Waals surface area contributed by atoms with E-state index in [1.54, 1.807) is 31.4 Å². The molecule has 0 aromatic heterocycles. The Morgan fingerprint density at radius 2 is 1.86 bits per heavy atom. The minimum absolute atomic E-state index is 0.0270. The Labute approximate surface area is 131 Å². The molecule has 1 heterocycles. The standard InChI is InChI=1S/C17H24N2O3/c1-13(20)14-5-3-4-6-15(14)16(21)19-11-17(12-22-2)7-9-18-10-8-17/h3-6,18H,7-12H2,1-2H3,(H,19,21). The summed E-state index contributed by atoms with van der Waals surface area (Å²) < 4.78 is 5.35. The number of hydrogen-bond donors (Lipinski definition) is 2. The lowest BCUT2D eigenvalue weighted by Gasteiger charge is -2.37. The van der Waals surface area contributed by atoms with Crippen molar-refractivity contribution < 1.29 is 14.3 Å². The van der Waals surface area contributed by atoms with Crippen molar-refractivity contribution in [3.8, 4) is 0 Å². The van der Waals surface area contributed by atoms with Gasteiger partial charge in [-0.1, -0.05) is 18.2 Å². The first-order chi connectivity index (χ1) is 10.6. The maximum Gasteiger partial charge on any atom is 0.252 e. The number of methoxy groups -OCH3 is 1. The maximum absolute atomic E-state index is 12.4. The van der Waals surface area contributed by atoms with Gasteiger partial charge in [0.15, 0.2) is 5.78 Å². The summed E-state index contributed by atoms with van der Waals surface area (Å²) in [6.45, 7) is 4.54. The van der Waals surface area contributed by atoms with E-state index >= 15 is 0 Å². The third kappa shape index (κ3) is 3.93. The lowest BCUT2D eigenvalue weighted by molar-refractivity contribution is 0.0511. The third-order valence-corrected chi connectivity index (χ3v) is 4.29. The zero-order valence-corrected chi connectivity index (χ0v) is 13.3. The number of carbonyl (C=O) groups excluding carboxylic acids is 2. The first kappa shape index (κ1) is 16.6. The molecule has 0 spiro atoms. The number of ketones is 1. The van der Waals surface area contributed by atoms with Crippen LogP contribution in [0.15, 0.2) is 24.3 Å². The molecule has 2 rings (SSSR count). The van der Waals surface area contributed by atoms with Crippen molar-refractivity contribution in [3.63, 3.8) is 0 Å². The van der Waals surface area contributed by atoms with Gasteiger partial charge in [0, 0.05) is 24.6 Å². The highest BCUT2D eigenvalue weighted by Gasteiger charge is 2.32. The molecule has 1 aliphatic heterocycles. The molecule has 1 fully saturated rings. The fourth-order valence-corrected chi connectivity index (χ4v) is 2.99. The molecule has 2 N–H and O–H groups in total. The normalized spacial score (nSPS) is 17.0. The number of hydrogen-bond acceptors (Lipinski definition) is 4. The van der Waals surface area contributed by atoms with E-state index in [2.05, 4.69) is 10.6 Å². The number of nitrogens with one attached hydrogen (secondary N) is 2. The Hall–Kier alpha value is -1.72.